The van der Waals surface area contributed by atoms with Crippen molar-refractivity contribution in [1.82, 2.24) is 9.29 Å². The van der Waals surface area contributed by atoms with Crippen molar-refractivity contribution >= 4 is 24.5 Å². The second-order valence-corrected chi connectivity index (χ2v) is 10.4. The maximum absolute atomic E-state index is 6.19. The van der Waals surface area contributed by atoms with Gasteiger partial charge in [0.15, 0.2) is 0 Å². The Balaban J connectivity index is 1.48. The zero-order valence-electron chi connectivity index (χ0n) is 19.9. The summed E-state index contributed by atoms with van der Waals surface area (Å²) >= 11 is 1.74. The van der Waals surface area contributed by atoms with E-state index < -0.39 is 0 Å². The van der Waals surface area contributed by atoms with E-state index in [-0.39, 0.29) is 18.3 Å². The van der Waals surface area contributed by atoms with E-state index in [0.29, 0.717) is 0 Å². The first-order chi connectivity index (χ1) is 15.8. The molecule has 1 saturated heterocycles. The summed E-state index contributed by atoms with van der Waals surface area (Å²) in [6.07, 6.45) is 3.68. The second kappa shape index (κ2) is 9.89. The van der Waals surface area contributed by atoms with Gasteiger partial charge in [-0.2, -0.15) is 0 Å². The van der Waals surface area contributed by atoms with Gasteiger partial charge in [0.2, 0.25) is 0 Å². The molecule has 1 aliphatic heterocycles. The van der Waals surface area contributed by atoms with Crippen LogP contribution in [-0.2, 0) is 22.4 Å². The number of methoxy groups -OCH3 is 1. The third kappa shape index (κ3) is 5.79. The highest BCUT2D eigenvalue weighted by Crippen LogP contribution is 2.36. The molecule has 2 aromatic carbocycles. The number of hydrogen-bond acceptors (Lipinski definition) is 6. The molecule has 0 saturated carbocycles. The number of benzene rings is 2. The molecule has 172 valence electrons. The second-order valence-electron chi connectivity index (χ2n) is 9.25. The highest BCUT2D eigenvalue weighted by molar-refractivity contribution is 7.97. The summed E-state index contributed by atoms with van der Waals surface area (Å²) in [6.45, 7) is 9.91. The van der Waals surface area contributed by atoms with Gasteiger partial charge in [0.25, 0.3) is 0 Å². The van der Waals surface area contributed by atoms with Gasteiger partial charge < -0.3 is 14.0 Å². The smallest absolute Gasteiger partial charge is 0.494 e. The standard InChI is InChI=1S/C26H31BN2O3S/c1-25(2)26(3,4)32-27(31-25)22-8-12-24(13-9-22)33-29(19-21-14-16-28-17-15-21)18-20-6-10-23(30-5)11-7-20/h6-17H,18-19H2,1-5H3. The number of ether oxygens (including phenoxy) is 1. The predicted molar refractivity (Wildman–Crippen MR) is 134 cm³/mol. The monoisotopic (exact) mass is 462 g/mol. The molecule has 0 N–H and O–H groups in total. The van der Waals surface area contributed by atoms with E-state index in [1.165, 1.54) is 11.1 Å². The minimum absolute atomic E-state index is 0.342. The number of rotatable bonds is 8. The lowest BCUT2D eigenvalue weighted by Crippen LogP contribution is -2.41. The van der Waals surface area contributed by atoms with Crippen LogP contribution in [0.4, 0.5) is 0 Å². The molecule has 0 spiro atoms. The Kier molecular flexibility index (Phi) is 7.15. The number of nitrogens with zero attached hydrogens (tertiary/aromatic N) is 2. The lowest BCUT2D eigenvalue weighted by atomic mass is 9.79. The molecule has 4 rings (SSSR count). The van der Waals surface area contributed by atoms with Gasteiger partial charge in [0.1, 0.15) is 5.75 Å². The summed E-state index contributed by atoms with van der Waals surface area (Å²) in [4.78, 5) is 5.31. The molecule has 1 aromatic heterocycles. The number of aromatic nitrogens is 1. The Morgan fingerprint density at radius 3 is 1.91 bits per heavy atom. The van der Waals surface area contributed by atoms with Gasteiger partial charge in [0, 0.05) is 30.4 Å². The van der Waals surface area contributed by atoms with Gasteiger partial charge in [-0.25, -0.2) is 4.31 Å². The minimum atomic E-state index is -0.346. The van der Waals surface area contributed by atoms with Crippen LogP contribution in [-0.4, -0.2) is 34.7 Å². The van der Waals surface area contributed by atoms with Crippen molar-refractivity contribution in [3.63, 3.8) is 0 Å². The third-order valence-electron chi connectivity index (χ3n) is 6.27. The summed E-state index contributed by atoms with van der Waals surface area (Å²) in [5, 5.41) is 0. The molecule has 0 amide bonds. The lowest BCUT2D eigenvalue weighted by Gasteiger charge is -2.32. The highest BCUT2D eigenvalue weighted by Gasteiger charge is 2.51. The van der Waals surface area contributed by atoms with E-state index in [1.807, 2.05) is 24.5 Å². The molecule has 7 heteroatoms. The summed E-state index contributed by atoms with van der Waals surface area (Å²) < 4.78 is 20.0. The predicted octanol–water partition coefficient (Wildman–Crippen LogP) is 5.10. The molecular weight excluding hydrogens is 431 g/mol. The lowest BCUT2D eigenvalue weighted by molar-refractivity contribution is 0.00578. The first kappa shape index (κ1) is 23.8. The Labute approximate surface area is 201 Å². The van der Waals surface area contributed by atoms with E-state index in [2.05, 4.69) is 85.5 Å². The topological polar surface area (TPSA) is 43.8 Å². The molecular formula is C26H31BN2O3S. The quantitative estimate of drug-likeness (QED) is 0.343. The molecule has 0 unspecified atom stereocenters. The van der Waals surface area contributed by atoms with E-state index in [4.69, 9.17) is 14.0 Å². The fourth-order valence-corrected chi connectivity index (χ4v) is 4.54. The molecule has 33 heavy (non-hydrogen) atoms. The maximum Gasteiger partial charge on any atom is 0.494 e. The SMILES string of the molecule is COc1ccc(CN(Cc2ccncc2)Sc2ccc(B3OC(C)(C)C(C)(C)O3)cc2)cc1. The van der Waals surface area contributed by atoms with E-state index in [0.717, 1.165) is 29.2 Å². The van der Waals surface area contributed by atoms with E-state index in [9.17, 15) is 0 Å². The van der Waals surface area contributed by atoms with Crippen LogP contribution in [0.1, 0.15) is 38.8 Å². The van der Waals surface area contributed by atoms with Crippen molar-refractivity contribution in [2.45, 2.75) is 56.9 Å². The van der Waals surface area contributed by atoms with Crippen LogP contribution in [0.3, 0.4) is 0 Å². The normalized spacial score (nSPS) is 16.8. The Morgan fingerprint density at radius 1 is 0.818 bits per heavy atom. The first-order valence-electron chi connectivity index (χ1n) is 11.2. The van der Waals surface area contributed by atoms with Crippen molar-refractivity contribution < 1.29 is 14.0 Å². The van der Waals surface area contributed by atoms with Crippen LogP contribution >= 0.6 is 11.9 Å². The Bertz CT molecular complexity index is 1030. The number of hydrogen-bond donors (Lipinski definition) is 0. The van der Waals surface area contributed by atoms with Gasteiger partial charge in [-0.05, 0) is 92.6 Å². The van der Waals surface area contributed by atoms with Crippen LogP contribution < -0.4 is 10.2 Å². The van der Waals surface area contributed by atoms with E-state index >= 15 is 0 Å². The first-order valence-corrected chi connectivity index (χ1v) is 11.9. The molecule has 5 nitrogen and oxygen atoms in total. The summed E-state index contributed by atoms with van der Waals surface area (Å²) in [6, 6.07) is 20.8. The Hall–Kier alpha value is -2.32. The maximum atomic E-state index is 6.19. The summed E-state index contributed by atoms with van der Waals surface area (Å²) in [7, 11) is 1.34. The molecule has 0 radical (unpaired) electrons. The van der Waals surface area contributed by atoms with Gasteiger partial charge in [-0.1, -0.05) is 24.3 Å². The van der Waals surface area contributed by atoms with Crippen molar-refractivity contribution in [3.8, 4) is 5.75 Å². The molecule has 1 aliphatic rings. The average molecular weight is 462 g/mol. The highest BCUT2D eigenvalue weighted by atomic mass is 32.2. The van der Waals surface area contributed by atoms with Crippen molar-refractivity contribution in [3.05, 3.63) is 84.2 Å². The largest absolute Gasteiger partial charge is 0.497 e. The molecule has 3 aromatic rings. The molecule has 0 atom stereocenters. The molecule has 2 heterocycles. The van der Waals surface area contributed by atoms with Gasteiger partial charge >= 0.3 is 7.12 Å². The van der Waals surface area contributed by atoms with Gasteiger partial charge in [0.05, 0.1) is 18.3 Å². The van der Waals surface area contributed by atoms with Crippen molar-refractivity contribution in [2.24, 2.45) is 0 Å². The van der Waals surface area contributed by atoms with Crippen LogP contribution in [0.2, 0.25) is 0 Å². The number of pyridine rings is 1. The van der Waals surface area contributed by atoms with Gasteiger partial charge in [-0.3, -0.25) is 4.98 Å². The molecule has 0 aliphatic carbocycles. The zero-order chi connectivity index (χ0) is 23.5. The fraction of sp³-hybridized carbons (Fsp3) is 0.346. The van der Waals surface area contributed by atoms with Crippen LogP contribution in [0, 0.1) is 0 Å². The third-order valence-corrected chi connectivity index (χ3v) is 7.27. The van der Waals surface area contributed by atoms with E-state index in [1.54, 1.807) is 19.1 Å². The van der Waals surface area contributed by atoms with Crippen LogP contribution in [0.5, 0.6) is 5.75 Å². The van der Waals surface area contributed by atoms with Crippen LogP contribution in [0.15, 0.2) is 78.0 Å². The van der Waals surface area contributed by atoms with Crippen LogP contribution in [0.25, 0.3) is 0 Å². The summed E-state index contributed by atoms with van der Waals surface area (Å²) in [5.41, 5.74) is 2.80. The van der Waals surface area contributed by atoms with Crippen molar-refractivity contribution in [2.75, 3.05) is 7.11 Å². The molecule has 0 bridgehead atoms. The van der Waals surface area contributed by atoms with Crippen molar-refractivity contribution in [1.29, 1.82) is 0 Å². The average Bonchev–Trinajstić information content (AvgIpc) is 3.02. The zero-order valence-corrected chi connectivity index (χ0v) is 20.8. The summed E-state index contributed by atoms with van der Waals surface area (Å²) in [5.74, 6) is 0.866. The van der Waals surface area contributed by atoms with Gasteiger partial charge in [-0.15, -0.1) is 0 Å². The molecule has 1 fully saturated rings. The Morgan fingerprint density at radius 2 is 1.36 bits per heavy atom. The minimum Gasteiger partial charge on any atom is -0.497 e. The fourth-order valence-electron chi connectivity index (χ4n) is 3.56.